The minimum Gasteiger partial charge on any atom is -0.223 e. The summed E-state index contributed by atoms with van der Waals surface area (Å²) in [5.41, 5.74) is 0. The Morgan fingerprint density at radius 2 is 1.05 bits per heavy atom. The van der Waals surface area contributed by atoms with Gasteiger partial charge in [0.2, 0.25) is 0 Å². The van der Waals surface area contributed by atoms with Crippen molar-refractivity contribution < 1.29 is 71.9 Å². The lowest BCUT2D eigenvalue weighted by atomic mass is 10.5. The summed E-state index contributed by atoms with van der Waals surface area (Å²) in [5, 5.41) is 0. The van der Waals surface area contributed by atoms with E-state index in [2.05, 4.69) is 0 Å². The third kappa shape index (κ3) is 7.66. The summed E-state index contributed by atoms with van der Waals surface area (Å²) in [5.74, 6) is -3.88. The Morgan fingerprint density at radius 1 is 0.591 bits per heavy atom. The maximum atomic E-state index is 12.4. The second kappa shape index (κ2) is 6.47. The zero-order chi connectivity index (χ0) is 18.0. The molecule has 0 bridgehead atoms. The van der Waals surface area contributed by atoms with Crippen molar-refractivity contribution in [3.8, 4) is 0 Å². The predicted octanol–water partition coefficient (Wildman–Crippen LogP) is 4.26. The highest BCUT2D eigenvalue weighted by atomic mass is 19.4. The molecule has 0 saturated heterocycles. The lowest BCUT2D eigenvalue weighted by Crippen LogP contribution is -2.42. The van der Waals surface area contributed by atoms with Crippen molar-refractivity contribution in [2.75, 3.05) is 0 Å². The fourth-order valence-electron chi connectivity index (χ4n) is 0.576. The first-order chi connectivity index (χ1) is 9.48. The van der Waals surface area contributed by atoms with E-state index in [0.717, 1.165) is 0 Å². The van der Waals surface area contributed by atoms with Crippen LogP contribution in [0.4, 0.5) is 52.7 Å². The molecule has 0 aromatic heterocycles. The van der Waals surface area contributed by atoms with E-state index in [0.29, 0.717) is 0 Å². The van der Waals surface area contributed by atoms with Crippen LogP contribution in [-0.4, -0.2) is 25.1 Å². The number of hydrogen-bond acceptors (Lipinski definition) is 4. The first-order valence-corrected chi connectivity index (χ1v) is 4.16. The average molecular weight is 364 g/mol. The maximum Gasteiger partial charge on any atom is 0.549 e. The molecular weight excluding hydrogens is 364 g/mol. The van der Waals surface area contributed by atoms with Crippen LogP contribution in [0.2, 0.25) is 0 Å². The summed E-state index contributed by atoms with van der Waals surface area (Å²) in [7, 11) is 0. The van der Waals surface area contributed by atoms with Gasteiger partial charge in [-0.15, -0.1) is 40.5 Å². The van der Waals surface area contributed by atoms with Gasteiger partial charge in [-0.2, -0.15) is 22.0 Å². The predicted molar refractivity (Wildman–Crippen MR) is 35.6 cm³/mol. The second-order valence-corrected chi connectivity index (χ2v) is 2.83. The smallest absolute Gasteiger partial charge is 0.223 e. The Balaban J connectivity index is 4.92. The van der Waals surface area contributed by atoms with Crippen LogP contribution >= 0.6 is 0 Å². The van der Waals surface area contributed by atoms with Crippen LogP contribution < -0.4 is 0 Å². The molecule has 4 nitrogen and oxygen atoms in total. The van der Waals surface area contributed by atoms with Crippen molar-refractivity contribution in [2.24, 2.45) is 0 Å². The maximum absolute atomic E-state index is 12.4. The van der Waals surface area contributed by atoms with Crippen molar-refractivity contribution in [2.45, 2.75) is 25.1 Å². The molecule has 0 radical (unpaired) electrons. The third-order valence-corrected chi connectivity index (χ3v) is 1.14. The van der Waals surface area contributed by atoms with Gasteiger partial charge >= 0.3 is 31.1 Å². The van der Waals surface area contributed by atoms with Gasteiger partial charge in [0.15, 0.2) is 0 Å². The van der Waals surface area contributed by atoms with E-state index >= 15 is 0 Å². The van der Waals surface area contributed by atoms with Gasteiger partial charge in [-0.3, -0.25) is 0 Å². The Kier molecular flexibility index (Phi) is 6.10. The zero-order valence-electron chi connectivity index (χ0n) is 9.17. The summed E-state index contributed by atoms with van der Waals surface area (Å²) in [4.78, 5) is 3.91. The molecule has 132 valence electrons. The van der Waals surface area contributed by atoms with Gasteiger partial charge in [-0.1, -0.05) is 0 Å². The second-order valence-electron chi connectivity index (χ2n) is 2.83. The van der Waals surface area contributed by atoms with Crippen LogP contribution in [0.5, 0.6) is 0 Å². The first-order valence-electron chi connectivity index (χ1n) is 4.16. The summed E-state index contributed by atoms with van der Waals surface area (Å²) >= 11 is 0. The molecule has 0 saturated carbocycles. The van der Waals surface area contributed by atoms with E-state index in [4.69, 9.17) is 0 Å². The molecule has 0 aromatic rings. The van der Waals surface area contributed by atoms with Gasteiger partial charge in [0.05, 0.1) is 0 Å². The molecule has 22 heavy (non-hydrogen) atoms. The first kappa shape index (κ1) is 20.7. The van der Waals surface area contributed by atoms with Crippen molar-refractivity contribution >= 4 is 0 Å². The minimum atomic E-state index is -6.27. The molecule has 0 amide bonds. The Labute approximate surface area is 110 Å². The number of hydrogen-bond donors (Lipinski definition) is 0. The van der Waals surface area contributed by atoms with E-state index in [1.165, 1.54) is 0 Å². The van der Waals surface area contributed by atoms with E-state index in [1.54, 1.807) is 0 Å². The third-order valence-electron chi connectivity index (χ3n) is 1.14. The topological polar surface area (TPSA) is 36.9 Å². The van der Waals surface area contributed by atoms with Gasteiger partial charge in [-0.05, 0) is 0 Å². The van der Waals surface area contributed by atoms with Gasteiger partial charge in [0.1, 0.15) is 0 Å². The van der Waals surface area contributed by atoms with Crippen LogP contribution in [0, 0.1) is 0 Å². The molecule has 0 N–H and O–H groups in total. The molecule has 0 heterocycles. The molecule has 0 aliphatic heterocycles. The quantitative estimate of drug-likeness (QED) is 0.293. The molecule has 0 atom stereocenters. The van der Waals surface area contributed by atoms with Gasteiger partial charge in [0, 0.05) is 0 Å². The number of alkyl halides is 9. The van der Waals surface area contributed by atoms with E-state index in [9.17, 15) is 52.7 Å². The monoisotopic (exact) mass is 364 g/mol. The Morgan fingerprint density at radius 3 is 1.41 bits per heavy atom. The summed E-state index contributed by atoms with van der Waals surface area (Å²) < 4.78 is 147. The summed E-state index contributed by atoms with van der Waals surface area (Å²) in [6.07, 6.45) is -28.2. The molecule has 0 rings (SSSR count). The number of ether oxygens (including phenoxy) is 2. The fraction of sp³-hybridized carbons (Fsp3) is 0.667. The Bertz CT molecular complexity index is 410. The van der Waals surface area contributed by atoms with Crippen molar-refractivity contribution in [3.05, 3.63) is 11.9 Å². The lowest BCUT2D eigenvalue weighted by Gasteiger charge is -2.24. The fourth-order valence-corrected chi connectivity index (χ4v) is 0.576. The van der Waals surface area contributed by atoms with Crippen LogP contribution in [0.1, 0.15) is 0 Å². The van der Waals surface area contributed by atoms with Crippen LogP contribution in [0.25, 0.3) is 0 Å². The zero-order valence-corrected chi connectivity index (χ0v) is 9.17. The van der Waals surface area contributed by atoms with E-state index in [1.807, 2.05) is 19.2 Å². The van der Waals surface area contributed by atoms with E-state index < -0.39 is 37.0 Å². The average Bonchev–Trinajstić information content (AvgIpc) is 2.21. The molecule has 0 fully saturated rings. The minimum absolute atomic E-state index is 1.90. The highest BCUT2D eigenvalue weighted by Gasteiger charge is 2.57. The summed E-state index contributed by atoms with van der Waals surface area (Å²) in [6, 6.07) is 0. The van der Waals surface area contributed by atoms with Gasteiger partial charge < -0.3 is 0 Å². The Hall–Kier alpha value is -1.26. The highest BCUT2D eigenvalue weighted by Crippen LogP contribution is 2.39. The normalized spacial score (nSPS) is 14.2. The largest absolute Gasteiger partial charge is 0.549 e. The highest BCUT2D eigenvalue weighted by molar-refractivity contribution is 4.99. The van der Waals surface area contributed by atoms with Gasteiger partial charge in [-0.25, -0.2) is 9.47 Å². The summed E-state index contributed by atoms with van der Waals surface area (Å²) in [6.45, 7) is 0. The molecule has 0 aliphatic rings. The molecule has 16 heteroatoms. The van der Waals surface area contributed by atoms with Crippen LogP contribution in [0.3, 0.4) is 0 Å². The molecular formula is C6F12O4. The van der Waals surface area contributed by atoms with Crippen LogP contribution in [-0.2, 0) is 19.2 Å². The molecule has 0 aromatic carbocycles. The molecule has 0 spiro atoms. The SMILES string of the molecule is FC(F)=C(F)C(F)(F)OC(F)(F)OC(F)(F)OOC(F)(F)F. The number of halogens is 12. The lowest BCUT2D eigenvalue weighted by molar-refractivity contribution is -0.634. The van der Waals surface area contributed by atoms with Gasteiger partial charge in [0.25, 0.3) is 5.83 Å². The van der Waals surface area contributed by atoms with Crippen LogP contribution in [0.15, 0.2) is 11.9 Å². The number of rotatable bonds is 7. The molecule has 0 aliphatic carbocycles. The van der Waals surface area contributed by atoms with Crippen molar-refractivity contribution in [1.82, 2.24) is 0 Å². The standard InChI is InChI=1S/C6F12O4/c7-1(2(8)9)3(10,11)19-5(15,16)20-6(17,18)22-21-4(12,13)14. The molecule has 0 unspecified atom stereocenters. The van der Waals surface area contributed by atoms with E-state index in [-0.39, 0.29) is 0 Å². The van der Waals surface area contributed by atoms with Crippen molar-refractivity contribution in [1.29, 1.82) is 0 Å². The van der Waals surface area contributed by atoms with Crippen molar-refractivity contribution in [3.63, 3.8) is 0 Å².